The molecule has 0 aliphatic rings. The number of carbonyl (C=O) groups is 1. The highest BCUT2D eigenvalue weighted by molar-refractivity contribution is 5.86. The first kappa shape index (κ1) is 13.7. The lowest BCUT2D eigenvalue weighted by molar-refractivity contribution is -0.131. The van der Waals surface area contributed by atoms with Gasteiger partial charge in [-0.15, -0.1) is 0 Å². The molecule has 0 radical (unpaired) electrons. The summed E-state index contributed by atoms with van der Waals surface area (Å²) in [5, 5.41) is 8.71. The first-order chi connectivity index (χ1) is 9.66. The van der Waals surface area contributed by atoms with E-state index in [0.717, 1.165) is 23.0 Å². The Morgan fingerprint density at radius 3 is 2.85 bits per heavy atom. The van der Waals surface area contributed by atoms with Gasteiger partial charge in [-0.25, -0.2) is 9.78 Å². The Morgan fingerprint density at radius 1 is 1.35 bits per heavy atom. The van der Waals surface area contributed by atoms with Crippen LogP contribution >= 0.6 is 0 Å². The van der Waals surface area contributed by atoms with Crippen molar-refractivity contribution in [2.75, 3.05) is 11.9 Å². The standard InChI is InChI=1S/C15H15N3O2/c1-18(11-12-4-2-8-16-10-12)15-13(5-3-9-17-15)6-7-14(19)20/h2-10H,11H2,1H3,(H,19,20)/b7-6+. The molecule has 0 unspecified atom stereocenters. The van der Waals surface area contributed by atoms with Crippen LogP contribution in [0.1, 0.15) is 11.1 Å². The summed E-state index contributed by atoms with van der Waals surface area (Å²) in [5.41, 5.74) is 1.83. The number of carboxylic acid groups (broad SMARTS) is 1. The maximum atomic E-state index is 10.6. The molecule has 0 saturated heterocycles. The van der Waals surface area contributed by atoms with Crippen LogP contribution in [0.15, 0.2) is 48.9 Å². The number of rotatable bonds is 5. The van der Waals surface area contributed by atoms with Gasteiger partial charge in [-0.3, -0.25) is 4.98 Å². The molecular weight excluding hydrogens is 254 g/mol. The lowest BCUT2D eigenvalue weighted by atomic mass is 10.2. The molecule has 0 fully saturated rings. The predicted molar refractivity (Wildman–Crippen MR) is 77.3 cm³/mol. The van der Waals surface area contributed by atoms with Gasteiger partial charge in [0.05, 0.1) is 0 Å². The number of anilines is 1. The third kappa shape index (κ3) is 3.65. The summed E-state index contributed by atoms with van der Waals surface area (Å²) in [6, 6.07) is 7.48. The summed E-state index contributed by atoms with van der Waals surface area (Å²) in [7, 11) is 1.91. The second-order valence-corrected chi connectivity index (χ2v) is 4.31. The molecule has 2 aromatic heterocycles. The van der Waals surface area contributed by atoms with E-state index in [2.05, 4.69) is 9.97 Å². The zero-order chi connectivity index (χ0) is 14.4. The van der Waals surface area contributed by atoms with Crippen LogP contribution < -0.4 is 4.90 Å². The number of aliphatic carboxylic acids is 1. The van der Waals surface area contributed by atoms with Crippen molar-refractivity contribution in [1.29, 1.82) is 0 Å². The summed E-state index contributed by atoms with van der Waals surface area (Å²) in [6.45, 7) is 0.652. The number of carboxylic acids is 1. The molecule has 102 valence electrons. The van der Waals surface area contributed by atoms with E-state index in [1.807, 2.05) is 30.1 Å². The summed E-state index contributed by atoms with van der Waals surface area (Å²) in [4.78, 5) is 21.0. The molecule has 1 N–H and O–H groups in total. The highest BCUT2D eigenvalue weighted by Gasteiger charge is 2.07. The molecule has 0 bridgehead atoms. The van der Waals surface area contributed by atoms with Crippen LogP contribution in [0.4, 0.5) is 5.82 Å². The Balaban J connectivity index is 2.21. The van der Waals surface area contributed by atoms with Gasteiger partial charge < -0.3 is 10.0 Å². The predicted octanol–water partition coefficient (Wildman–Crippen LogP) is 2.21. The van der Waals surface area contributed by atoms with Crippen LogP contribution in [0.25, 0.3) is 6.08 Å². The molecule has 20 heavy (non-hydrogen) atoms. The van der Waals surface area contributed by atoms with E-state index in [0.29, 0.717) is 6.54 Å². The van der Waals surface area contributed by atoms with Gasteiger partial charge in [0.25, 0.3) is 0 Å². The van der Waals surface area contributed by atoms with E-state index in [4.69, 9.17) is 5.11 Å². The third-order valence-electron chi connectivity index (χ3n) is 2.73. The summed E-state index contributed by atoms with van der Waals surface area (Å²) in [6.07, 6.45) is 7.87. The fraction of sp³-hybridized carbons (Fsp3) is 0.133. The van der Waals surface area contributed by atoms with Crippen molar-refractivity contribution in [2.45, 2.75) is 6.54 Å². The molecule has 2 rings (SSSR count). The first-order valence-electron chi connectivity index (χ1n) is 6.13. The average molecular weight is 269 g/mol. The summed E-state index contributed by atoms with van der Waals surface area (Å²) < 4.78 is 0. The molecule has 0 spiro atoms. The van der Waals surface area contributed by atoms with E-state index in [1.54, 1.807) is 30.7 Å². The lowest BCUT2D eigenvalue weighted by Crippen LogP contribution is -2.18. The van der Waals surface area contributed by atoms with Crippen molar-refractivity contribution in [2.24, 2.45) is 0 Å². The smallest absolute Gasteiger partial charge is 0.328 e. The Morgan fingerprint density at radius 2 is 2.15 bits per heavy atom. The van der Waals surface area contributed by atoms with E-state index < -0.39 is 5.97 Å². The van der Waals surface area contributed by atoms with Crippen molar-refractivity contribution >= 4 is 17.9 Å². The van der Waals surface area contributed by atoms with Crippen molar-refractivity contribution in [3.05, 3.63) is 60.1 Å². The van der Waals surface area contributed by atoms with Crippen LogP contribution in [0.3, 0.4) is 0 Å². The molecule has 0 aliphatic heterocycles. The van der Waals surface area contributed by atoms with Crippen LogP contribution in [0, 0.1) is 0 Å². The molecule has 0 saturated carbocycles. The van der Waals surface area contributed by atoms with E-state index in [-0.39, 0.29) is 0 Å². The number of nitrogens with zero attached hydrogens (tertiary/aromatic N) is 3. The number of pyridine rings is 2. The van der Waals surface area contributed by atoms with Gasteiger partial charge in [0, 0.05) is 43.8 Å². The Bertz CT molecular complexity index is 612. The SMILES string of the molecule is CN(Cc1cccnc1)c1ncccc1/C=C/C(=O)O. The molecule has 0 aromatic carbocycles. The minimum Gasteiger partial charge on any atom is -0.478 e. The maximum Gasteiger partial charge on any atom is 0.328 e. The van der Waals surface area contributed by atoms with Crippen LogP contribution in [0.2, 0.25) is 0 Å². The fourth-order valence-electron chi connectivity index (χ4n) is 1.86. The first-order valence-corrected chi connectivity index (χ1v) is 6.13. The Kier molecular flexibility index (Phi) is 4.44. The van der Waals surface area contributed by atoms with E-state index in [9.17, 15) is 4.79 Å². The molecule has 2 aromatic rings. The summed E-state index contributed by atoms with van der Waals surface area (Å²) in [5.74, 6) is -0.247. The fourth-order valence-corrected chi connectivity index (χ4v) is 1.86. The molecular formula is C15H15N3O2. The van der Waals surface area contributed by atoms with Crippen molar-refractivity contribution < 1.29 is 9.90 Å². The second kappa shape index (κ2) is 6.47. The minimum atomic E-state index is -0.977. The number of aromatic nitrogens is 2. The van der Waals surface area contributed by atoms with Gasteiger partial charge in [0.2, 0.25) is 0 Å². The molecule has 0 aliphatic carbocycles. The maximum absolute atomic E-state index is 10.6. The lowest BCUT2D eigenvalue weighted by Gasteiger charge is -2.19. The second-order valence-electron chi connectivity index (χ2n) is 4.31. The highest BCUT2D eigenvalue weighted by Crippen LogP contribution is 2.19. The quantitative estimate of drug-likeness (QED) is 0.843. The number of hydrogen-bond acceptors (Lipinski definition) is 4. The van der Waals surface area contributed by atoms with Crippen molar-refractivity contribution in [1.82, 2.24) is 9.97 Å². The van der Waals surface area contributed by atoms with E-state index >= 15 is 0 Å². The number of hydrogen-bond donors (Lipinski definition) is 1. The monoisotopic (exact) mass is 269 g/mol. The van der Waals surface area contributed by atoms with Gasteiger partial charge in [-0.2, -0.15) is 0 Å². The zero-order valence-corrected chi connectivity index (χ0v) is 11.1. The molecule has 2 heterocycles. The molecule has 0 amide bonds. The minimum absolute atomic E-state index is 0.652. The molecule has 5 heteroatoms. The van der Waals surface area contributed by atoms with Crippen LogP contribution in [-0.2, 0) is 11.3 Å². The van der Waals surface area contributed by atoms with Gasteiger partial charge in [-0.1, -0.05) is 6.07 Å². The Labute approximate surface area is 117 Å². The normalized spacial score (nSPS) is 10.7. The topological polar surface area (TPSA) is 66.3 Å². The van der Waals surface area contributed by atoms with Crippen molar-refractivity contribution in [3.63, 3.8) is 0 Å². The van der Waals surface area contributed by atoms with Gasteiger partial charge in [-0.05, 0) is 29.8 Å². The zero-order valence-electron chi connectivity index (χ0n) is 11.1. The summed E-state index contributed by atoms with van der Waals surface area (Å²) >= 11 is 0. The van der Waals surface area contributed by atoms with Gasteiger partial charge in [0.15, 0.2) is 0 Å². The van der Waals surface area contributed by atoms with Crippen molar-refractivity contribution in [3.8, 4) is 0 Å². The third-order valence-corrected chi connectivity index (χ3v) is 2.73. The highest BCUT2D eigenvalue weighted by atomic mass is 16.4. The Hall–Kier alpha value is -2.69. The van der Waals surface area contributed by atoms with Crippen LogP contribution in [0.5, 0.6) is 0 Å². The molecule has 0 atom stereocenters. The van der Waals surface area contributed by atoms with Gasteiger partial charge >= 0.3 is 5.97 Å². The molecule has 5 nitrogen and oxygen atoms in total. The van der Waals surface area contributed by atoms with E-state index in [1.165, 1.54) is 0 Å². The van der Waals surface area contributed by atoms with Crippen LogP contribution in [-0.4, -0.2) is 28.1 Å². The largest absolute Gasteiger partial charge is 0.478 e. The van der Waals surface area contributed by atoms with Gasteiger partial charge in [0.1, 0.15) is 5.82 Å². The average Bonchev–Trinajstić information content (AvgIpc) is 2.46.